The van der Waals surface area contributed by atoms with Gasteiger partial charge in [0.05, 0.1) is 0 Å². The zero-order valence-corrected chi connectivity index (χ0v) is 11.0. The van der Waals surface area contributed by atoms with Crippen molar-refractivity contribution in [3.05, 3.63) is 46.6 Å². The van der Waals surface area contributed by atoms with Crippen molar-refractivity contribution in [1.82, 2.24) is 19.6 Å². The molecule has 0 aliphatic rings. The molecule has 3 aromatic rings. The highest BCUT2D eigenvalue weighted by molar-refractivity contribution is 5.47. The van der Waals surface area contributed by atoms with Crippen molar-refractivity contribution >= 4 is 11.3 Å². The number of hydrogen-bond donors (Lipinski definition) is 2. The van der Waals surface area contributed by atoms with Crippen LogP contribution in [-0.4, -0.2) is 26.6 Å². The second-order valence-corrected chi connectivity index (χ2v) is 4.24. The molecule has 0 atom stereocenters. The Morgan fingerprint density at radius 3 is 2.75 bits per heavy atom. The Bertz CT molecular complexity index is 804. The van der Waals surface area contributed by atoms with Crippen molar-refractivity contribution in [1.29, 1.82) is 0 Å². The van der Waals surface area contributed by atoms with Crippen LogP contribution in [0.5, 0.6) is 11.6 Å². The molecule has 0 spiro atoms. The third kappa shape index (κ3) is 2.09. The molecular weight excluding hydrogens is 258 g/mol. The van der Waals surface area contributed by atoms with Crippen molar-refractivity contribution < 1.29 is 4.74 Å². The van der Waals surface area contributed by atoms with E-state index >= 15 is 0 Å². The van der Waals surface area contributed by atoms with Crippen molar-refractivity contribution in [2.75, 3.05) is 12.4 Å². The van der Waals surface area contributed by atoms with Crippen LogP contribution in [0.25, 0.3) is 5.65 Å². The van der Waals surface area contributed by atoms with E-state index in [1.165, 1.54) is 4.40 Å². The first-order valence-corrected chi connectivity index (χ1v) is 6.08. The smallest absolute Gasteiger partial charge is 0.349 e. The van der Waals surface area contributed by atoms with Crippen molar-refractivity contribution in [3.8, 4) is 11.6 Å². The fourth-order valence-electron chi connectivity index (χ4n) is 1.93. The number of aromatic amines is 1. The van der Waals surface area contributed by atoms with Gasteiger partial charge in [0.2, 0.25) is 5.88 Å². The van der Waals surface area contributed by atoms with E-state index in [4.69, 9.17) is 4.74 Å². The van der Waals surface area contributed by atoms with Gasteiger partial charge in [-0.15, -0.1) is 0 Å². The molecule has 7 heteroatoms. The Balaban J connectivity index is 1.95. The van der Waals surface area contributed by atoms with Gasteiger partial charge >= 0.3 is 5.69 Å². The van der Waals surface area contributed by atoms with Crippen LogP contribution in [0, 0.1) is 6.92 Å². The summed E-state index contributed by atoms with van der Waals surface area (Å²) in [7, 11) is 1.85. The molecule has 0 radical (unpaired) electrons. The number of aromatic nitrogens is 4. The van der Waals surface area contributed by atoms with Gasteiger partial charge < -0.3 is 10.1 Å². The average Bonchev–Trinajstić information content (AvgIpc) is 2.81. The second-order valence-electron chi connectivity index (χ2n) is 4.24. The van der Waals surface area contributed by atoms with E-state index in [2.05, 4.69) is 20.5 Å². The lowest BCUT2D eigenvalue weighted by atomic mass is 10.3. The molecule has 2 N–H and O–H groups in total. The van der Waals surface area contributed by atoms with Gasteiger partial charge in [-0.25, -0.2) is 14.3 Å². The summed E-state index contributed by atoms with van der Waals surface area (Å²) in [6.45, 7) is 1.72. The molecule has 0 saturated carbocycles. The largest absolute Gasteiger partial charge is 0.439 e. The lowest BCUT2D eigenvalue weighted by molar-refractivity contribution is 0.460. The molecule has 0 amide bonds. The first kappa shape index (κ1) is 12.2. The summed E-state index contributed by atoms with van der Waals surface area (Å²) < 4.78 is 7.05. The normalized spacial score (nSPS) is 10.7. The number of fused-ring (bicyclic) bond motifs is 1. The average molecular weight is 271 g/mol. The summed E-state index contributed by atoms with van der Waals surface area (Å²) in [4.78, 5) is 15.7. The maximum atomic E-state index is 11.5. The molecule has 20 heavy (non-hydrogen) atoms. The van der Waals surface area contributed by atoms with Gasteiger partial charge in [-0.1, -0.05) is 0 Å². The standard InChI is InChI=1S/C13H13N5O2/c1-8-15-12(7-11-16-17-13(19)18(8)11)20-10-5-3-9(14-2)4-6-10/h3-7,14H,1-2H3,(H,17,19). The fourth-order valence-corrected chi connectivity index (χ4v) is 1.93. The van der Waals surface area contributed by atoms with Crippen LogP contribution in [0.15, 0.2) is 35.1 Å². The summed E-state index contributed by atoms with van der Waals surface area (Å²) in [6, 6.07) is 9.09. The number of rotatable bonds is 3. The quantitative estimate of drug-likeness (QED) is 0.755. The number of H-pyrrole nitrogens is 1. The van der Waals surface area contributed by atoms with Crippen LogP contribution in [0.4, 0.5) is 5.69 Å². The molecule has 0 unspecified atom stereocenters. The van der Waals surface area contributed by atoms with Gasteiger partial charge in [-0.05, 0) is 31.2 Å². The number of anilines is 1. The maximum Gasteiger partial charge on any atom is 0.349 e. The molecule has 102 valence electrons. The first-order valence-electron chi connectivity index (χ1n) is 6.08. The van der Waals surface area contributed by atoms with E-state index in [9.17, 15) is 4.79 Å². The minimum atomic E-state index is -0.310. The van der Waals surface area contributed by atoms with E-state index < -0.39 is 0 Å². The van der Waals surface area contributed by atoms with Crippen LogP contribution in [-0.2, 0) is 0 Å². The Morgan fingerprint density at radius 2 is 2.05 bits per heavy atom. The van der Waals surface area contributed by atoms with Crippen LogP contribution >= 0.6 is 0 Å². The van der Waals surface area contributed by atoms with Crippen molar-refractivity contribution in [2.24, 2.45) is 0 Å². The summed E-state index contributed by atoms with van der Waals surface area (Å²) in [5.41, 5.74) is 1.16. The van der Waals surface area contributed by atoms with Crippen LogP contribution in [0.3, 0.4) is 0 Å². The summed E-state index contributed by atoms with van der Waals surface area (Å²) in [5.74, 6) is 1.58. The molecule has 2 aromatic heterocycles. The van der Waals surface area contributed by atoms with Gasteiger partial charge in [-0.3, -0.25) is 0 Å². The lowest BCUT2D eigenvalue weighted by Gasteiger charge is -2.07. The predicted molar refractivity (Wildman–Crippen MR) is 74.4 cm³/mol. The molecule has 0 aliphatic heterocycles. The van der Waals surface area contributed by atoms with E-state index in [0.29, 0.717) is 23.1 Å². The minimum absolute atomic E-state index is 0.310. The predicted octanol–water partition coefficient (Wildman–Crippen LogP) is 1.56. The van der Waals surface area contributed by atoms with E-state index in [1.807, 2.05) is 31.3 Å². The topological polar surface area (TPSA) is 84.3 Å². The summed E-state index contributed by atoms with van der Waals surface area (Å²) in [6.07, 6.45) is 0. The Morgan fingerprint density at radius 1 is 1.30 bits per heavy atom. The number of hydrogen-bond acceptors (Lipinski definition) is 5. The highest BCUT2D eigenvalue weighted by Crippen LogP contribution is 2.22. The van der Waals surface area contributed by atoms with Crippen LogP contribution < -0.4 is 15.7 Å². The fraction of sp³-hybridized carbons (Fsp3) is 0.154. The van der Waals surface area contributed by atoms with Gasteiger partial charge in [0.25, 0.3) is 0 Å². The molecule has 0 aliphatic carbocycles. The van der Waals surface area contributed by atoms with Crippen molar-refractivity contribution in [2.45, 2.75) is 6.92 Å². The Hall–Kier alpha value is -2.83. The van der Waals surface area contributed by atoms with Crippen LogP contribution in [0.1, 0.15) is 5.82 Å². The molecule has 7 nitrogen and oxygen atoms in total. The van der Waals surface area contributed by atoms with E-state index in [1.54, 1.807) is 13.0 Å². The number of nitrogens with one attached hydrogen (secondary N) is 2. The van der Waals surface area contributed by atoms with Gasteiger partial charge in [-0.2, -0.15) is 10.1 Å². The molecule has 0 bridgehead atoms. The molecule has 0 fully saturated rings. The number of benzene rings is 1. The highest BCUT2D eigenvalue weighted by atomic mass is 16.5. The van der Waals surface area contributed by atoms with E-state index in [0.717, 1.165) is 5.69 Å². The Labute approximate surface area is 114 Å². The van der Waals surface area contributed by atoms with Gasteiger partial charge in [0.15, 0.2) is 5.65 Å². The Kier molecular flexibility index (Phi) is 2.86. The zero-order valence-electron chi connectivity index (χ0n) is 11.0. The SMILES string of the molecule is CNc1ccc(Oc2cc3n[nH]c(=O)n3c(C)n2)cc1. The first-order chi connectivity index (χ1) is 9.67. The third-order valence-electron chi connectivity index (χ3n) is 2.91. The molecule has 1 aromatic carbocycles. The lowest BCUT2D eigenvalue weighted by Crippen LogP contribution is -2.13. The molecule has 2 heterocycles. The summed E-state index contributed by atoms with van der Waals surface area (Å²) >= 11 is 0. The number of ether oxygens (including phenoxy) is 1. The van der Waals surface area contributed by atoms with Crippen LogP contribution in [0.2, 0.25) is 0 Å². The number of nitrogens with zero attached hydrogens (tertiary/aromatic N) is 3. The van der Waals surface area contributed by atoms with Gasteiger partial charge in [0.1, 0.15) is 11.6 Å². The highest BCUT2D eigenvalue weighted by Gasteiger charge is 2.08. The zero-order chi connectivity index (χ0) is 14.1. The van der Waals surface area contributed by atoms with Crippen molar-refractivity contribution in [3.63, 3.8) is 0 Å². The maximum absolute atomic E-state index is 11.5. The summed E-state index contributed by atoms with van der Waals surface area (Å²) in [5, 5.41) is 9.31. The minimum Gasteiger partial charge on any atom is -0.439 e. The molecule has 0 saturated heterocycles. The molecule has 3 rings (SSSR count). The monoisotopic (exact) mass is 271 g/mol. The third-order valence-corrected chi connectivity index (χ3v) is 2.91. The molecular formula is C13H13N5O2. The number of aryl methyl sites for hydroxylation is 1. The second kappa shape index (κ2) is 4.69. The van der Waals surface area contributed by atoms with Gasteiger partial charge in [0, 0.05) is 18.8 Å². The van der Waals surface area contributed by atoms with E-state index in [-0.39, 0.29) is 5.69 Å².